The Kier molecular flexibility index (Phi) is 6.51. The van der Waals surface area contributed by atoms with Crippen molar-refractivity contribution in [1.29, 1.82) is 0 Å². The van der Waals surface area contributed by atoms with Crippen molar-refractivity contribution in [3.05, 3.63) is 17.7 Å². The quantitative estimate of drug-likeness (QED) is 0.573. The number of benzene rings is 1. The highest BCUT2D eigenvalue weighted by molar-refractivity contribution is 7.09. The van der Waals surface area contributed by atoms with E-state index in [1.807, 2.05) is 0 Å². The van der Waals surface area contributed by atoms with Crippen LogP contribution in [0.4, 0.5) is 0 Å². The van der Waals surface area contributed by atoms with Crippen LogP contribution in [0.15, 0.2) is 12.1 Å². The maximum absolute atomic E-state index is 10.5. The van der Waals surface area contributed by atoms with Gasteiger partial charge in [-0.1, -0.05) is 0 Å². The smallest absolute Gasteiger partial charge is 0.341 e. The van der Waals surface area contributed by atoms with E-state index in [2.05, 4.69) is 9.47 Å². The lowest BCUT2D eigenvalue weighted by molar-refractivity contribution is -0.139. The summed E-state index contributed by atoms with van der Waals surface area (Å²) in [7, 11) is 6.92. The number of hydrogen-bond donors (Lipinski definition) is 1. The topological polar surface area (TPSA) is 77.5 Å². The maximum Gasteiger partial charge on any atom is 0.341 e. The van der Waals surface area contributed by atoms with Gasteiger partial charge in [0, 0.05) is 28.6 Å². The second-order valence-corrected chi connectivity index (χ2v) is 4.09. The van der Waals surface area contributed by atoms with E-state index in [9.17, 15) is 4.79 Å². The van der Waals surface area contributed by atoms with E-state index in [0.717, 1.165) is 5.56 Å². The zero-order valence-corrected chi connectivity index (χ0v) is 12.7. The van der Waals surface area contributed by atoms with Crippen molar-refractivity contribution >= 4 is 15.4 Å². The molecule has 0 heterocycles. The van der Waals surface area contributed by atoms with Gasteiger partial charge in [-0.05, 0) is 0 Å². The van der Waals surface area contributed by atoms with Crippen LogP contribution in [0, 0.1) is 0 Å². The van der Waals surface area contributed by atoms with E-state index in [4.69, 9.17) is 23.9 Å². The minimum Gasteiger partial charge on any atom is -0.496 e. The summed E-state index contributed by atoms with van der Waals surface area (Å²) in [5, 5.41) is 10.2. The Hall–Kier alpha value is -1.56. The van der Waals surface area contributed by atoms with Crippen LogP contribution in [0.2, 0.25) is 0 Å². The van der Waals surface area contributed by atoms with Gasteiger partial charge >= 0.3 is 5.97 Å². The summed E-state index contributed by atoms with van der Waals surface area (Å²) >= 11 is 0. The van der Waals surface area contributed by atoms with Crippen LogP contribution in [0.25, 0.3) is 0 Å². The van der Waals surface area contributed by atoms with Gasteiger partial charge in [-0.25, -0.2) is 4.79 Å². The summed E-state index contributed by atoms with van der Waals surface area (Å²) in [4.78, 5) is 10.5. The van der Waals surface area contributed by atoms with Gasteiger partial charge in [-0.3, -0.25) is 4.62 Å². The molecule has 0 bridgehead atoms. The van der Waals surface area contributed by atoms with Gasteiger partial charge in [0.25, 0.3) is 0 Å². The van der Waals surface area contributed by atoms with Gasteiger partial charge in [-0.15, -0.1) is 0 Å². The summed E-state index contributed by atoms with van der Waals surface area (Å²) in [6, 6.07) is 3.22. The number of nitrogens with zero attached hydrogens (tertiary/aromatic N) is 1. The van der Waals surface area contributed by atoms with Crippen LogP contribution in [-0.2, 0) is 16.0 Å². The van der Waals surface area contributed by atoms with E-state index >= 15 is 0 Å². The average molecular weight is 303 g/mol. The molecule has 20 heavy (non-hydrogen) atoms. The maximum atomic E-state index is 10.5. The molecule has 7 nitrogen and oxygen atoms in total. The summed E-state index contributed by atoms with van der Waals surface area (Å²) in [6.45, 7) is -0.00464. The molecule has 0 aliphatic rings. The molecule has 0 saturated heterocycles. The lowest BCUT2D eigenvalue weighted by atomic mass is 10.1. The Morgan fingerprint density at radius 2 is 1.85 bits per heavy atom. The first-order valence-electron chi connectivity index (χ1n) is 5.69. The molecule has 0 aromatic heterocycles. The molecular weight excluding hydrogens is 285 g/mol. The predicted octanol–water partition coefficient (Wildman–Crippen LogP) is 1.32. The molecule has 0 saturated carbocycles. The van der Waals surface area contributed by atoms with E-state index in [1.165, 1.54) is 14.2 Å². The number of rotatable bonds is 8. The van der Waals surface area contributed by atoms with Crippen LogP contribution in [0.1, 0.15) is 5.56 Å². The van der Waals surface area contributed by atoms with Crippen molar-refractivity contribution in [2.45, 2.75) is 6.54 Å². The molecule has 1 unspecified atom stereocenters. The number of hydroxylamine groups is 2. The Bertz CT molecular complexity index is 442. The summed E-state index contributed by atoms with van der Waals surface area (Å²) < 4.78 is 20.7. The van der Waals surface area contributed by atoms with Gasteiger partial charge in [0.05, 0.1) is 26.3 Å². The number of carboxylic acid groups (broad SMARTS) is 1. The molecule has 0 fully saturated rings. The van der Waals surface area contributed by atoms with E-state index < -0.39 is 12.6 Å². The number of aliphatic carboxylic acids is 1. The van der Waals surface area contributed by atoms with E-state index in [1.54, 1.807) is 24.2 Å². The fourth-order valence-electron chi connectivity index (χ4n) is 1.60. The summed E-state index contributed by atoms with van der Waals surface area (Å²) in [5.74, 6) is 0.361. The standard InChI is InChI=1S/C12H18NO6P/c1-13(19-20)6-9-10(16-2)4-8(5-11(9)17-3)18-7-12(14)15/h4-5H,6-7,20H2,1-3H3,(H,14,15). The van der Waals surface area contributed by atoms with E-state index in [0.29, 0.717) is 23.8 Å². The molecule has 1 rings (SSSR count). The van der Waals surface area contributed by atoms with Crippen molar-refractivity contribution in [3.63, 3.8) is 0 Å². The molecule has 1 N–H and O–H groups in total. The van der Waals surface area contributed by atoms with Gasteiger partial charge in [0.2, 0.25) is 0 Å². The zero-order chi connectivity index (χ0) is 15.1. The SMILES string of the molecule is COc1cc(OCC(=O)O)cc(OC)c1CN(C)OP. The zero-order valence-electron chi connectivity index (χ0n) is 11.6. The lowest BCUT2D eigenvalue weighted by Crippen LogP contribution is -2.15. The lowest BCUT2D eigenvalue weighted by Gasteiger charge is -2.19. The third-order valence-corrected chi connectivity index (χ3v) is 2.86. The van der Waals surface area contributed by atoms with Gasteiger partial charge < -0.3 is 19.3 Å². The first-order valence-corrected chi connectivity index (χ1v) is 6.16. The molecule has 0 aliphatic carbocycles. The molecule has 0 spiro atoms. The number of methoxy groups -OCH3 is 2. The van der Waals surface area contributed by atoms with Crippen molar-refractivity contribution in [2.24, 2.45) is 0 Å². The Labute approximate surface area is 119 Å². The molecular formula is C12H18NO6P. The molecule has 112 valence electrons. The third-order valence-electron chi connectivity index (χ3n) is 2.50. The first-order chi connectivity index (χ1) is 9.51. The Morgan fingerprint density at radius 3 is 2.25 bits per heavy atom. The fourth-order valence-corrected chi connectivity index (χ4v) is 1.68. The van der Waals surface area contributed by atoms with Gasteiger partial charge in [-0.2, -0.15) is 5.06 Å². The number of ether oxygens (including phenoxy) is 3. The predicted molar refractivity (Wildman–Crippen MR) is 74.9 cm³/mol. The monoisotopic (exact) mass is 303 g/mol. The first kappa shape index (κ1) is 16.5. The highest BCUT2D eigenvalue weighted by Gasteiger charge is 2.15. The van der Waals surface area contributed by atoms with Crippen LogP contribution < -0.4 is 14.2 Å². The number of carbonyl (C=O) groups is 1. The van der Waals surface area contributed by atoms with Crippen molar-refractivity contribution < 1.29 is 28.7 Å². The van der Waals surface area contributed by atoms with Crippen LogP contribution >= 0.6 is 9.47 Å². The van der Waals surface area contributed by atoms with Crippen LogP contribution in [-0.4, -0.2) is 44.0 Å². The molecule has 1 aromatic carbocycles. The van der Waals surface area contributed by atoms with Gasteiger partial charge in [0.15, 0.2) is 6.61 Å². The van der Waals surface area contributed by atoms with Crippen molar-refractivity contribution in [1.82, 2.24) is 5.06 Å². The number of carboxylic acids is 1. The summed E-state index contributed by atoms with van der Waals surface area (Å²) in [5.41, 5.74) is 0.766. The summed E-state index contributed by atoms with van der Waals surface area (Å²) in [6.07, 6.45) is 0. The second-order valence-electron chi connectivity index (χ2n) is 3.88. The van der Waals surface area contributed by atoms with Gasteiger partial charge in [0.1, 0.15) is 17.2 Å². The normalized spacial score (nSPS) is 10.4. The largest absolute Gasteiger partial charge is 0.496 e. The van der Waals surface area contributed by atoms with Crippen molar-refractivity contribution in [2.75, 3.05) is 27.9 Å². The number of hydrogen-bond acceptors (Lipinski definition) is 6. The van der Waals surface area contributed by atoms with E-state index in [-0.39, 0.29) is 0 Å². The Morgan fingerprint density at radius 1 is 1.30 bits per heavy atom. The Balaban J connectivity index is 3.07. The van der Waals surface area contributed by atoms with Crippen molar-refractivity contribution in [3.8, 4) is 17.2 Å². The van der Waals surface area contributed by atoms with Crippen LogP contribution in [0.5, 0.6) is 17.2 Å². The minimum atomic E-state index is -1.05. The molecule has 1 atom stereocenters. The molecule has 8 heteroatoms. The molecule has 1 aromatic rings. The van der Waals surface area contributed by atoms with Crippen LogP contribution in [0.3, 0.4) is 0 Å². The molecule has 0 amide bonds. The molecule has 0 radical (unpaired) electrons. The fraction of sp³-hybridized carbons (Fsp3) is 0.417. The third kappa shape index (κ3) is 4.52. The average Bonchev–Trinajstić information content (AvgIpc) is 2.45. The minimum absolute atomic E-state index is 0.360. The second kappa shape index (κ2) is 7.89. The molecule has 0 aliphatic heterocycles. The highest BCUT2D eigenvalue weighted by atomic mass is 31.0. The highest BCUT2D eigenvalue weighted by Crippen LogP contribution is 2.35.